The highest BCUT2D eigenvalue weighted by Gasteiger charge is 2.26. The fourth-order valence-corrected chi connectivity index (χ4v) is 5.25. The van der Waals surface area contributed by atoms with Crippen LogP contribution in [-0.2, 0) is 4.74 Å². The molecule has 0 bridgehead atoms. The molecule has 1 amide bonds. The van der Waals surface area contributed by atoms with E-state index in [1.807, 2.05) is 5.38 Å². The number of carbonyl (C=O) groups is 2. The Morgan fingerprint density at radius 1 is 1.15 bits per heavy atom. The van der Waals surface area contributed by atoms with Crippen LogP contribution in [0.25, 0.3) is 0 Å². The maximum Gasteiger partial charge on any atom is 0.410 e. The van der Waals surface area contributed by atoms with Crippen LogP contribution in [0.4, 0.5) is 10.5 Å². The van der Waals surface area contributed by atoms with Crippen LogP contribution in [0.2, 0.25) is 0 Å². The van der Waals surface area contributed by atoms with E-state index in [9.17, 15) is 9.59 Å². The van der Waals surface area contributed by atoms with Gasteiger partial charge in [-0.2, -0.15) is 0 Å². The van der Waals surface area contributed by atoms with Gasteiger partial charge >= 0.3 is 6.09 Å². The fourth-order valence-electron chi connectivity index (χ4n) is 4.22. The van der Waals surface area contributed by atoms with Crippen LogP contribution < -0.4 is 4.90 Å². The Morgan fingerprint density at radius 3 is 2.45 bits per heavy atom. The molecule has 0 radical (unpaired) electrons. The van der Waals surface area contributed by atoms with E-state index >= 15 is 0 Å². The van der Waals surface area contributed by atoms with E-state index in [2.05, 4.69) is 47.7 Å². The molecule has 0 atom stereocenters. The van der Waals surface area contributed by atoms with Crippen molar-refractivity contribution in [2.45, 2.75) is 51.9 Å². The Kier molecular flexibility index (Phi) is 9.48. The molecule has 3 heterocycles. The van der Waals surface area contributed by atoms with Crippen molar-refractivity contribution in [3.05, 3.63) is 58.6 Å². The molecule has 0 N–H and O–H groups in total. The number of piperidine rings is 2. The lowest BCUT2D eigenvalue weighted by molar-refractivity contribution is 0.101. The minimum absolute atomic E-state index is 0.00191. The first-order valence-electron chi connectivity index (χ1n) is 11.8. The summed E-state index contributed by atoms with van der Waals surface area (Å²) in [6, 6.07) is 8.68. The lowest BCUT2D eigenvalue weighted by Gasteiger charge is -2.30. The number of hydrogen-bond donors (Lipinski definition) is 0. The van der Waals surface area contributed by atoms with Crippen molar-refractivity contribution in [1.82, 2.24) is 9.88 Å². The molecule has 0 unspecified atom stereocenters. The third kappa shape index (κ3) is 7.16. The maximum atomic E-state index is 11.7. The summed E-state index contributed by atoms with van der Waals surface area (Å²) >= 11 is 1.53. The van der Waals surface area contributed by atoms with E-state index in [0.29, 0.717) is 24.7 Å². The second-order valence-electron chi connectivity index (χ2n) is 8.59. The standard InChI is InChI=1S/C14H18N2O3S.C12H17N/c1-3-8-19-14(18)16-6-4-11(5-7-16)13-15-12(9-20-13)10(2)17;1-11-7-3-4-8-12(11)13-9-5-2-6-10-13/h3,9,11H,1,4-8H2,2H3;3-4,7-8H,2,5-6,9-10H2,1H3. The number of aryl methyl sites for hydroxylation is 1. The molecule has 2 aromatic rings. The topological polar surface area (TPSA) is 62.7 Å². The van der Waals surface area contributed by atoms with E-state index < -0.39 is 0 Å². The highest BCUT2D eigenvalue weighted by Crippen LogP contribution is 2.30. The first kappa shape index (κ1) is 25.0. The summed E-state index contributed by atoms with van der Waals surface area (Å²) < 4.78 is 5.02. The number of ketones is 1. The summed E-state index contributed by atoms with van der Waals surface area (Å²) in [6.45, 7) is 11.3. The number of para-hydroxylation sites is 1. The van der Waals surface area contributed by atoms with Gasteiger partial charge in [0.05, 0.1) is 5.01 Å². The zero-order chi connectivity index (χ0) is 23.6. The van der Waals surface area contributed by atoms with Gasteiger partial charge in [0.25, 0.3) is 0 Å². The Hall–Kier alpha value is -2.67. The third-order valence-corrected chi connectivity index (χ3v) is 7.13. The first-order valence-corrected chi connectivity index (χ1v) is 12.7. The molecule has 0 spiro atoms. The zero-order valence-corrected chi connectivity index (χ0v) is 20.6. The van der Waals surface area contributed by atoms with Crippen LogP contribution in [0, 0.1) is 6.92 Å². The lowest BCUT2D eigenvalue weighted by atomic mass is 9.98. The van der Waals surface area contributed by atoms with E-state index in [-0.39, 0.29) is 18.5 Å². The molecule has 0 aliphatic carbocycles. The average molecular weight is 470 g/mol. The number of likely N-dealkylation sites (tertiary alicyclic amines) is 1. The Bertz CT molecular complexity index is 928. The predicted octanol–water partition coefficient (Wildman–Crippen LogP) is 5.83. The number of amides is 1. The molecule has 178 valence electrons. The van der Waals surface area contributed by atoms with Gasteiger partial charge in [-0.1, -0.05) is 30.9 Å². The van der Waals surface area contributed by atoms with E-state index in [1.54, 1.807) is 11.0 Å². The molecule has 2 aliphatic rings. The fraction of sp³-hybridized carbons (Fsp3) is 0.500. The molecule has 1 aromatic carbocycles. The number of rotatable bonds is 5. The molecule has 33 heavy (non-hydrogen) atoms. The van der Waals surface area contributed by atoms with Gasteiger partial charge in [0.2, 0.25) is 0 Å². The van der Waals surface area contributed by atoms with Crippen molar-refractivity contribution >= 4 is 28.9 Å². The minimum atomic E-state index is -0.285. The second kappa shape index (κ2) is 12.5. The second-order valence-corrected chi connectivity index (χ2v) is 9.48. The molecular weight excluding hydrogens is 434 g/mol. The number of hydrogen-bond acceptors (Lipinski definition) is 6. The van der Waals surface area contributed by atoms with Crippen LogP contribution in [0.1, 0.15) is 66.0 Å². The number of anilines is 1. The van der Waals surface area contributed by atoms with Gasteiger partial charge in [-0.05, 0) is 50.7 Å². The minimum Gasteiger partial charge on any atom is -0.445 e. The molecule has 2 saturated heterocycles. The molecular formula is C26H35N3O3S. The van der Waals surface area contributed by atoms with E-state index in [1.165, 1.54) is 61.9 Å². The van der Waals surface area contributed by atoms with Crippen molar-refractivity contribution < 1.29 is 14.3 Å². The molecule has 7 heteroatoms. The highest BCUT2D eigenvalue weighted by molar-refractivity contribution is 7.09. The van der Waals surface area contributed by atoms with Crippen LogP contribution in [0.3, 0.4) is 0 Å². The normalized spacial score (nSPS) is 16.5. The SMILES string of the molecule is C=CCOC(=O)N1CCC(c2nc(C(C)=O)cs2)CC1.Cc1ccccc1N1CCCCC1. The van der Waals surface area contributed by atoms with Crippen molar-refractivity contribution in [2.75, 3.05) is 37.7 Å². The summed E-state index contributed by atoms with van der Waals surface area (Å²) in [5.74, 6) is 0.328. The molecule has 1 aromatic heterocycles. The summed E-state index contributed by atoms with van der Waals surface area (Å²) in [6.07, 6.45) is 7.10. The van der Waals surface area contributed by atoms with Crippen molar-refractivity contribution in [3.8, 4) is 0 Å². The maximum absolute atomic E-state index is 11.7. The Balaban J connectivity index is 0.000000203. The van der Waals surface area contributed by atoms with Gasteiger partial charge < -0.3 is 14.5 Å². The Labute approximate surface area is 201 Å². The largest absolute Gasteiger partial charge is 0.445 e. The molecule has 4 rings (SSSR count). The van der Waals surface area contributed by atoms with Gasteiger partial charge in [0.1, 0.15) is 12.3 Å². The lowest BCUT2D eigenvalue weighted by Crippen LogP contribution is -2.38. The number of Topliss-reactive ketones (excluding diaryl/α,β-unsaturated/α-hetero) is 1. The number of benzene rings is 1. The molecule has 6 nitrogen and oxygen atoms in total. The van der Waals surface area contributed by atoms with Crippen LogP contribution >= 0.6 is 11.3 Å². The summed E-state index contributed by atoms with van der Waals surface area (Å²) in [5.41, 5.74) is 3.38. The van der Waals surface area contributed by atoms with Gasteiger partial charge in [0, 0.05) is 50.1 Å². The summed E-state index contributed by atoms with van der Waals surface area (Å²) in [4.78, 5) is 31.5. The van der Waals surface area contributed by atoms with Gasteiger partial charge in [0.15, 0.2) is 5.78 Å². The zero-order valence-electron chi connectivity index (χ0n) is 19.8. The number of aromatic nitrogens is 1. The summed E-state index contributed by atoms with van der Waals surface area (Å²) in [5, 5.41) is 2.80. The van der Waals surface area contributed by atoms with E-state index in [0.717, 1.165) is 17.8 Å². The highest BCUT2D eigenvalue weighted by atomic mass is 32.1. The van der Waals surface area contributed by atoms with E-state index in [4.69, 9.17) is 4.74 Å². The molecule has 2 aliphatic heterocycles. The van der Waals surface area contributed by atoms with Crippen molar-refractivity contribution in [3.63, 3.8) is 0 Å². The third-order valence-electron chi connectivity index (χ3n) is 6.12. The molecule has 0 saturated carbocycles. The number of nitrogens with zero attached hydrogens (tertiary/aromatic N) is 3. The van der Waals surface area contributed by atoms with Crippen molar-refractivity contribution in [1.29, 1.82) is 0 Å². The van der Waals surface area contributed by atoms with Gasteiger partial charge in [-0.25, -0.2) is 9.78 Å². The average Bonchev–Trinajstić information content (AvgIpc) is 3.35. The van der Waals surface area contributed by atoms with Crippen LogP contribution in [0.5, 0.6) is 0 Å². The predicted molar refractivity (Wildman–Crippen MR) is 134 cm³/mol. The quantitative estimate of drug-likeness (QED) is 0.407. The van der Waals surface area contributed by atoms with Gasteiger partial charge in [-0.3, -0.25) is 4.79 Å². The van der Waals surface area contributed by atoms with Crippen molar-refractivity contribution in [2.24, 2.45) is 0 Å². The number of thiazole rings is 1. The monoisotopic (exact) mass is 469 g/mol. The van der Waals surface area contributed by atoms with Crippen LogP contribution in [0.15, 0.2) is 42.3 Å². The number of carbonyl (C=O) groups excluding carboxylic acids is 2. The number of ether oxygens (including phenoxy) is 1. The molecule has 2 fully saturated rings. The summed E-state index contributed by atoms with van der Waals surface area (Å²) in [7, 11) is 0. The van der Waals surface area contributed by atoms with Gasteiger partial charge in [-0.15, -0.1) is 11.3 Å². The Morgan fingerprint density at radius 2 is 1.85 bits per heavy atom. The smallest absolute Gasteiger partial charge is 0.410 e. The van der Waals surface area contributed by atoms with Crippen LogP contribution in [-0.4, -0.2) is 54.5 Å². The first-order chi connectivity index (χ1) is 16.0.